The number of methoxy groups -OCH3 is 1. The highest BCUT2D eigenvalue weighted by Crippen LogP contribution is 2.02. The average molecular weight is 202 g/mol. The summed E-state index contributed by atoms with van der Waals surface area (Å²) in [5.41, 5.74) is -0.513. The quantitative estimate of drug-likeness (QED) is 0.660. The minimum Gasteiger partial charge on any atom is -0.385 e. The lowest BCUT2D eigenvalue weighted by molar-refractivity contribution is -0.126. The maximum absolute atomic E-state index is 11.7. The van der Waals surface area contributed by atoms with Gasteiger partial charge in [-0.3, -0.25) is 4.79 Å². The molecular formula is C10H22N2O2. The molecule has 0 aliphatic carbocycles. The zero-order valence-electron chi connectivity index (χ0n) is 9.81. The first-order valence-corrected chi connectivity index (χ1v) is 4.93. The standard InChI is InChI=1S/C10H22N2O2/c1-8(6-7-14-5)12-9(13)10(2,3)11-4/h8,11H,6-7H2,1-5H3,(H,12,13). The summed E-state index contributed by atoms with van der Waals surface area (Å²) in [6.45, 7) is 6.35. The number of nitrogens with one attached hydrogen (secondary N) is 2. The van der Waals surface area contributed by atoms with Crippen molar-refractivity contribution in [2.45, 2.75) is 38.8 Å². The molecule has 84 valence electrons. The molecule has 4 heteroatoms. The molecular weight excluding hydrogens is 180 g/mol. The highest BCUT2D eigenvalue weighted by Gasteiger charge is 2.25. The Balaban J connectivity index is 3.93. The number of amides is 1. The van der Waals surface area contributed by atoms with E-state index in [4.69, 9.17) is 4.74 Å². The maximum Gasteiger partial charge on any atom is 0.239 e. The molecule has 4 nitrogen and oxygen atoms in total. The largest absolute Gasteiger partial charge is 0.385 e. The number of hydrogen-bond acceptors (Lipinski definition) is 3. The Morgan fingerprint density at radius 2 is 2.07 bits per heavy atom. The third-order valence-electron chi connectivity index (χ3n) is 2.33. The van der Waals surface area contributed by atoms with Crippen LogP contribution in [0.4, 0.5) is 0 Å². The Hall–Kier alpha value is -0.610. The fourth-order valence-corrected chi connectivity index (χ4v) is 0.885. The third kappa shape index (κ3) is 4.58. The van der Waals surface area contributed by atoms with Crippen molar-refractivity contribution in [1.82, 2.24) is 10.6 Å². The highest BCUT2D eigenvalue weighted by atomic mass is 16.5. The lowest BCUT2D eigenvalue weighted by Gasteiger charge is -2.25. The second-order valence-corrected chi connectivity index (χ2v) is 4.03. The lowest BCUT2D eigenvalue weighted by atomic mass is 10.0. The van der Waals surface area contributed by atoms with Crippen molar-refractivity contribution in [2.24, 2.45) is 0 Å². The van der Waals surface area contributed by atoms with Gasteiger partial charge in [0.15, 0.2) is 0 Å². The molecule has 0 aromatic heterocycles. The van der Waals surface area contributed by atoms with E-state index in [9.17, 15) is 4.79 Å². The van der Waals surface area contributed by atoms with Crippen LogP contribution in [0.2, 0.25) is 0 Å². The van der Waals surface area contributed by atoms with Gasteiger partial charge in [-0.05, 0) is 34.2 Å². The van der Waals surface area contributed by atoms with Crippen LogP contribution in [0.5, 0.6) is 0 Å². The van der Waals surface area contributed by atoms with E-state index >= 15 is 0 Å². The SMILES string of the molecule is CNC(C)(C)C(=O)NC(C)CCOC. The summed E-state index contributed by atoms with van der Waals surface area (Å²) < 4.78 is 4.94. The molecule has 0 aliphatic rings. The van der Waals surface area contributed by atoms with Gasteiger partial charge in [-0.15, -0.1) is 0 Å². The molecule has 1 atom stereocenters. The summed E-state index contributed by atoms with van der Waals surface area (Å²) >= 11 is 0. The van der Waals surface area contributed by atoms with Crippen LogP contribution in [0.1, 0.15) is 27.2 Å². The van der Waals surface area contributed by atoms with Crippen molar-refractivity contribution >= 4 is 5.91 Å². The molecule has 0 aromatic carbocycles. The van der Waals surface area contributed by atoms with Crippen LogP contribution in [0.25, 0.3) is 0 Å². The fraction of sp³-hybridized carbons (Fsp3) is 0.900. The maximum atomic E-state index is 11.7. The Morgan fingerprint density at radius 3 is 2.50 bits per heavy atom. The summed E-state index contributed by atoms with van der Waals surface area (Å²) in [6, 6.07) is 0.148. The molecule has 0 rings (SSSR count). The normalized spacial score (nSPS) is 13.8. The molecule has 0 saturated carbocycles. The number of ether oxygens (including phenoxy) is 1. The van der Waals surface area contributed by atoms with Crippen LogP contribution in [0.15, 0.2) is 0 Å². The van der Waals surface area contributed by atoms with E-state index in [1.807, 2.05) is 20.8 Å². The Kier molecular flexibility index (Phi) is 5.72. The summed E-state index contributed by atoms with van der Waals surface area (Å²) in [7, 11) is 3.44. The molecule has 0 heterocycles. The molecule has 0 aliphatic heterocycles. The molecule has 0 aromatic rings. The van der Waals surface area contributed by atoms with Gasteiger partial charge in [0.2, 0.25) is 5.91 Å². The minimum absolute atomic E-state index is 0.0172. The van der Waals surface area contributed by atoms with Crippen molar-refractivity contribution in [3.63, 3.8) is 0 Å². The average Bonchev–Trinajstić information content (AvgIpc) is 2.14. The van der Waals surface area contributed by atoms with Gasteiger partial charge in [0, 0.05) is 19.8 Å². The van der Waals surface area contributed by atoms with Crippen molar-refractivity contribution in [1.29, 1.82) is 0 Å². The molecule has 1 amide bonds. The topological polar surface area (TPSA) is 50.4 Å². The molecule has 0 spiro atoms. The van der Waals surface area contributed by atoms with Crippen LogP contribution in [0, 0.1) is 0 Å². The molecule has 14 heavy (non-hydrogen) atoms. The van der Waals surface area contributed by atoms with Gasteiger partial charge in [0.05, 0.1) is 5.54 Å². The first kappa shape index (κ1) is 13.4. The number of carbonyl (C=O) groups excluding carboxylic acids is 1. The van der Waals surface area contributed by atoms with E-state index in [0.717, 1.165) is 6.42 Å². The summed E-state index contributed by atoms with van der Waals surface area (Å²) in [4.78, 5) is 11.7. The van der Waals surface area contributed by atoms with Crippen molar-refractivity contribution in [2.75, 3.05) is 20.8 Å². The van der Waals surface area contributed by atoms with Crippen LogP contribution in [-0.2, 0) is 9.53 Å². The zero-order chi connectivity index (χ0) is 11.2. The Morgan fingerprint density at radius 1 is 1.50 bits per heavy atom. The number of rotatable bonds is 6. The zero-order valence-corrected chi connectivity index (χ0v) is 9.81. The summed E-state index contributed by atoms with van der Waals surface area (Å²) in [5.74, 6) is 0.0172. The second kappa shape index (κ2) is 5.98. The first-order chi connectivity index (χ1) is 6.44. The summed E-state index contributed by atoms with van der Waals surface area (Å²) in [5, 5.41) is 5.88. The van der Waals surface area contributed by atoms with E-state index in [-0.39, 0.29) is 11.9 Å². The van der Waals surface area contributed by atoms with Crippen LogP contribution >= 0.6 is 0 Å². The minimum atomic E-state index is -0.513. The van der Waals surface area contributed by atoms with Gasteiger partial charge >= 0.3 is 0 Å². The highest BCUT2D eigenvalue weighted by molar-refractivity contribution is 5.85. The molecule has 0 bridgehead atoms. The molecule has 0 radical (unpaired) electrons. The smallest absolute Gasteiger partial charge is 0.239 e. The van der Waals surface area contributed by atoms with Crippen molar-refractivity contribution < 1.29 is 9.53 Å². The first-order valence-electron chi connectivity index (χ1n) is 4.93. The Bertz CT molecular complexity index is 181. The molecule has 2 N–H and O–H groups in total. The van der Waals surface area contributed by atoms with E-state index < -0.39 is 5.54 Å². The van der Waals surface area contributed by atoms with Crippen molar-refractivity contribution in [3.8, 4) is 0 Å². The summed E-state index contributed by atoms with van der Waals surface area (Å²) in [6.07, 6.45) is 0.835. The molecule has 0 fully saturated rings. The third-order valence-corrected chi connectivity index (χ3v) is 2.33. The fourth-order valence-electron chi connectivity index (χ4n) is 0.885. The van der Waals surface area contributed by atoms with Gasteiger partial charge < -0.3 is 15.4 Å². The monoisotopic (exact) mass is 202 g/mol. The lowest BCUT2D eigenvalue weighted by Crippen LogP contribution is -2.53. The van der Waals surface area contributed by atoms with Crippen LogP contribution < -0.4 is 10.6 Å². The number of likely N-dealkylation sites (N-methyl/N-ethyl adjacent to an activating group) is 1. The molecule has 1 unspecified atom stereocenters. The molecule has 0 saturated heterocycles. The van der Waals surface area contributed by atoms with Crippen LogP contribution in [-0.4, -0.2) is 38.3 Å². The van der Waals surface area contributed by atoms with E-state index in [1.54, 1.807) is 14.2 Å². The van der Waals surface area contributed by atoms with Gasteiger partial charge in [0.25, 0.3) is 0 Å². The second-order valence-electron chi connectivity index (χ2n) is 4.03. The van der Waals surface area contributed by atoms with Gasteiger partial charge in [-0.25, -0.2) is 0 Å². The number of hydrogen-bond donors (Lipinski definition) is 2. The van der Waals surface area contributed by atoms with E-state index in [2.05, 4.69) is 10.6 Å². The van der Waals surface area contributed by atoms with Crippen molar-refractivity contribution in [3.05, 3.63) is 0 Å². The van der Waals surface area contributed by atoms with Gasteiger partial charge in [0.1, 0.15) is 0 Å². The van der Waals surface area contributed by atoms with Crippen LogP contribution in [0.3, 0.4) is 0 Å². The van der Waals surface area contributed by atoms with Gasteiger partial charge in [-0.2, -0.15) is 0 Å². The van der Waals surface area contributed by atoms with E-state index in [1.165, 1.54) is 0 Å². The number of carbonyl (C=O) groups is 1. The Labute approximate surface area is 86.4 Å². The van der Waals surface area contributed by atoms with Gasteiger partial charge in [-0.1, -0.05) is 0 Å². The van der Waals surface area contributed by atoms with E-state index in [0.29, 0.717) is 6.61 Å². The predicted octanol–water partition coefficient (Wildman–Crippen LogP) is 0.526. The predicted molar refractivity (Wildman–Crippen MR) is 57.2 cm³/mol.